The minimum absolute atomic E-state index is 0.0193. The third-order valence-corrected chi connectivity index (χ3v) is 2.33. The van der Waals surface area contributed by atoms with Gasteiger partial charge in [0, 0.05) is 18.6 Å². The van der Waals surface area contributed by atoms with Crippen molar-refractivity contribution >= 4 is 17.3 Å². The zero-order valence-electron chi connectivity index (χ0n) is 7.54. The number of aromatic nitrogens is 4. The van der Waals surface area contributed by atoms with Crippen molar-refractivity contribution in [3.8, 4) is 0 Å². The molecular weight excluding hydrogens is 200 g/mol. The molecule has 5 nitrogen and oxygen atoms in total. The molecule has 0 aliphatic rings. The minimum Gasteiger partial charge on any atom is -0.294 e. The molecule has 0 unspecified atom stereocenters. The fraction of sp³-hybridized carbons (Fsp3) is 0.250. The van der Waals surface area contributed by atoms with Crippen LogP contribution in [0.3, 0.4) is 0 Å². The van der Waals surface area contributed by atoms with Gasteiger partial charge in [-0.2, -0.15) is 5.10 Å². The van der Waals surface area contributed by atoms with Crippen molar-refractivity contribution in [1.29, 1.82) is 0 Å². The Balaban J connectivity index is 2.10. The Bertz CT molecular complexity index is 434. The number of hydrogen-bond donors (Lipinski definition) is 0. The van der Waals surface area contributed by atoms with E-state index in [4.69, 9.17) is 0 Å². The summed E-state index contributed by atoms with van der Waals surface area (Å²) in [6.07, 6.45) is 3.55. The predicted octanol–water partition coefficient (Wildman–Crippen LogP) is 0.697. The van der Waals surface area contributed by atoms with E-state index >= 15 is 0 Å². The molecule has 0 fully saturated rings. The van der Waals surface area contributed by atoms with Crippen LogP contribution in [-0.2, 0) is 13.5 Å². The van der Waals surface area contributed by atoms with E-state index in [0.717, 1.165) is 0 Å². The van der Waals surface area contributed by atoms with Crippen LogP contribution in [0.25, 0.3) is 0 Å². The zero-order valence-corrected chi connectivity index (χ0v) is 8.36. The summed E-state index contributed by atoms with van der Waals surface area (Å²) in [6.45, 7) is 0. The Kier molecular flexibility index (Phi) is 2.36. The lowest BCUT2D eigenvalue weighted by Crippen LogP contribution is -2.02. The lowest BCUT2D eigenvalue weighted by molar-refractivity contribution is 0.0992. The zero-order chi connectivity index (χ0) is 9.97. The van der Waals surface area contributed by atoms with Gasteiger partial charge in [0.25, 0.3) is 0 Å². The van der Waals surface area contributed by atoms with Crippen LogP contribution in [0.15, 0.2) is 17.8 Å². The summed E-state index contributed by atoms with van der Waals surface area (Å²) >= 11 is 1.25. The lowest BCUT2D eigenvalue weighted by Gasteiger charge is -1.91. The van der Waals surface area contributed by atoms with Crippen LogP contribution in [0, 0.1) is 0 Å². The molecule has 6 heteroatoms. The molecule has 14 heavy (non-hydrogen) atoms. The molecule has 0 N–H and O–H groups in total. The smallest absolute Gasteiger partial charge is 0.172 e. The Morgan fingerprint density at radius 2 is 2.50 bits per heavy atom. The number of ketones is 1. The monoisotopic (exact) mass is 208 g/mol. The molecule has 0 spiro atoms. The maximum Gasteiger partial charge on any atom is 0.172 e. The van der Waals surface area contributed by atoms with Crippen LogP contribution in [-0.4, -0.2) is 25.2 Å². The third-order valence-electron chi connectivity index (χ3n) is 1.77. The van der Waals surface area contributed by atoms with Gasteiger partial charge in [-0.1, -0.05) is 4.49 Å². The summed E-state index contributed by atoms with van der Waals surface area (Å²) in [5.41, 5.74) is 1.32. The van der Waals surface area contributed by atoms with Crippen LogP contribution in [0.4, 0.5) is 0 Å². The highest BCUT2D eigenvalue weighted by Crippen LogP contribution is 2.05. The topological polar surface area (TPSA) is 60.7 Å². The van der Waals surface area contributed by atoms with E-state index in [0.29, 0.717) is 17.7 Å². The van der Waals surface area contributed by atoms with Crippen molar-refractivity contribution in [3.05, 3.63) is 29.0 Å². The number of Topliss-reactive ketones (excluding diaryl/α,β-unsaturated/α-hetero) is 1. The van der Waals surface area contributed by atoms with Gasteiger partial charge in [-0.15, -0.1) is 5.10 Å². The van der Waals surface area contributed by atoms with Gasteiger partial charge in [-0.25, -0.2) is 0 Å². The van der Waals surface area contributed by atoms with E-state index in [1.54, 1.807) is 29.5 Å². The number of rotatable bonds is 3. The van der Waals surface area contributed by atoms with E-state index < -0.39 is 0 Å². The Labute approximate surface area is 84.5 Å². The maximum absolute atomic E-state index is 11.6. The second-order valence-corrected chi connectivity index (χ2v) is 3.51. The first-order valence-corrected chi connectivity index (χ1v) is 4.87. The van der Waals surface area contributed by atoms with Gasteiger partial charge in [-0.05, 0) is 11.5 Å². The van der Waals surface area contributed by atoms with Crippen LogP contribution >= 0.6 is 11.5 Å². The van der Waals surface area contributed by atoms with Gasteiger partial charge in [0.15, 0.2) is 5.78 Å². The number of carbonyl (C=O) groups is 1. The summed E-state index contributed by atoms with van der Waals surface area (Å²) in [4.78, 5) is 11.6. The normalized spacial score (nSPS) is 10.4. The van der Waals surface area contributed by atoms with Crippen molar-refractivity contribution in [2.75, 3.05) is 0 Å². The first-order chi connectivity index (χ1) is 6.75. The predicted molar refractivity (Wildman–Crippen MR) is 51.2 cm³/mol. The third kappa shape index (κ3) is 1.85. The largest absolute Gasteiger partial charge is 0.294 e. The molecule has 2 aromatic rings. The molecule has 0 aliphatic heterocycles. The second-order valence-electron chi connectivity index (χ2n) is 2.90. The van der Waals surface area contributed by atoms with Crippen LogP contribution in [0.5, 0.6) is 0 Å². The van der Waals surface area contributed by atoms with E-state index in [-0.39, 0.29) is 5.78 Å². The highest BCUT2D eigenvalue weighted by atomic mass is 32.1. The standard InChI is InChI=1S/C8H8N4OS/c1-12-4-6(3-9-12)8(13)2-7-5-14-11-10-7/h3-5H,2H2,1H3. The Hall–Kier alpha value is -1.56. The highest BCUT2D eigenvalue weighted by Gasteiger charge is 2.10. The van der Waals surface area contributed by atoms with Crippen molar-refractivity contribution in [3.63, 3.8) is 0 Å². The van der Waals surface area contributed by atoms with Crippen molar-refractivity contribution in [2.45, 2.75) is 6.42 Å². The van der Waals surface area contributed by atoms with Crippen LogP contribution < -0.4 is 0 Å². The fourth-order valence-corrected chi connectivity index (χ4v) is 1.54. The van der Waals surface area contributed by atoms with Gasteiger partial charge in [0.1, 0.15) is 0 Å². The molecule has 2 aromatic heterocycles. The molecule has 2 heterocycles. The second kappa shape index (κ2) is 3.67. The van der Waals surface area contributed by atoms with Gasteiger partial charge in [0.05, 0.1) is 23.9 Å². The quantitative estimate of drug-likeness (QED) is 0.696. The average molecular weight is 208 g/mol. The van der Waals surface area contributed by atoms with Gasteiger partial charge >= 0.3 is 0 Å². The number of carbonyl (C=O) groups excluding carboxylic acids is 1. The Morgan fingerprint density at radius 3 is 3.07 bits per heavy atom. The van der Waals surface area contributed by atoms with E-state index in [2.05, 4.69) is 14.7 Å². The maximum atomic E-state index is 11.6. The molecule has 0 aromatic carbocycles. The van der Waals surface area contributed by atoms with Gasteiger partial charge in [0.2, 0.25) is 0 Å². The SMILES string of the molecule is Cn1cc(C(=O)Cc2csnn2)cn1. The first-order valence-electron chi connectivity index (χ1n) is 4.03. The van der Waals surface area contributed by atoms with E-state index in [1.165, 1.54) is 11.5 Å². The molecule has 0 amide bonds. The van der Waals surface area contributed by atoms with Crippen molar-refractivity contribution in [1.82, 2.24) is 19.4 Å². The lowest BCUT2D eigenvalue weighted by atomic mass is 10.1. The Morgan fingerprint density at radius 1 is 1.64 bits per heavy atom. The van der Waals surface area contributed by atoms with Gasteiger partial charge in [-0.3, -0.25) is 9.48 Å². The molecule has 0 bridgehead atoms. The number of aryl methyl sites for hydroxylation is 1. The van der Waals surface area contributed by atoms with Crippen LogP contribution in [0.1, 0.15) is 16.1 Å². The summed E-state index contributed by atoms with van der Waals surface area (Å²) in [6, 6.07) is 0. The first kappa shape index (κ1) is 9.01. The molecule has 0 saturated carbocycles. The molecular formula is C8H8N4OS. The van der Waals surface area contributed by atoms with E-state index in [1.807, 2.05) is 0 Å². The fourth-order valence-electron chi connectivity index (χ4n) is 1.09. The summed E-state index contributed by atoms with van der Waals surface area (Å²) in [7, 11) is 1.78. The number of nitrogens with zero attached hydrogens (tertiary/aromatic N) is 4. The van der Waals surface area contributed by atoms with Crippen molar-refractivity contribution < 1.29 is 4.79 Å². The van der Waals surface area contributed by atoms with Gasteiger partial charge < -0.3 is 0 Å². The molecule has 0 atom stereocenters. The summed E-state index contributed by atoms with van der Waals surface area (Å²) < 4.78 is 5.30. The summed E-state index contributed by atoms with van der Waals surface area (Å²) in [5.74, 6) is 0.0193. The molecule has 72 valence electrons. The van der Waals surface area contributed by atoms with Crippen molar-refractivity contribution in [2.24, 2.45) is 7.05 Å². The summed E-state index contributed by atoms with van der Waals surface area (Å²) in [5, 5.41) is 9.51. The molecule has 0 aliphatic carbocycles. The highest BCUT2D eigenvalue weighted by molar-refractivity contribution is 7.03. The van der Waals surface area contributed by atoms with E-state index in [9.17, 15) is 4.79 Å². The van der Waals surface area contributed by atoms with Crippen LogP contribution in [0.2, 0.25) is 0 Å². The molecule has 0 saturated heterocycles. The average Bonchev–Trinajstić information content (AvgIpc) is 2.75. The number of hydrogen-bond acceptors (Lipinski definition) is 5. The minimum atomic E-state index is 0.0193. The molecule has 2 rings (SSSR count). The molecule has 0 radical (unpaired) electrons.